The maximum Gasteiger partial charge on any atom is 0.254 e. The van der Waals surface area contributed by atoms with Crippen molar-refractivity contribution in [2.45, 2.75) is 18.9 Å². The Morgan fingerprint density at radius 3 is 2.56 bits per heavy atom. The topological polar surface area (TPSA) is 73.1 Å². The lowest BCUT2D eigenvalue weighted by Crippen LogP contribution is -2.50. The number of benzene rings is 1. The largest absolute Gasteiger partial charge is 0.339 e. The van der Waals surface area contributed by atoms with Gasteiger partial charge in [-0.3, -0.25) is 4.79 Å². The number of amides is 1. The van der Waals surface area contributed by atoms with E-state index in [1.165, 1.54) is 0 Å². The van der Waals surface area contributed by atoms with E-state index in [-0.39, 0.29) is 11.9 Å². The summed E-state index contributed by atoms with van der Waals surface area (Å²) in [6, 6.07) is 11.0. The lowest BCUT2D eigenvalue weighted by molar-refractivity contribution is 0.0712. The minimum Gasteiger partial charge on any atom is -0.339 e. The molecule has 2 aromatic rings. The first kappa shape index (κ1) is 15.6. The normalized spacial score (nSPS) is 22.4. The summed E-state index contributed by atoms with van der Waals surface area (Å²) in [5.74, 6) is 1.33. The molecule has 0 saturated carbocycles. The molecular formula is C19H19N5O. The molecule has 6 heteroatoms. The molecule has 2 unspecified atom stereocenters. The Kier molecular flexibility index (Phi) is 4.06. The highest BCUT2D eigenvalue weighted by Gasteiger charge is 2.41. The Morgan fingerprint density at radius 2 is 1.84 bits per heavy atom. The fourth-order valence-electron chi connectivity index (χ4n) is 3.88. The lowest BCUT2D eigenvalue weighted by Gasteiger charge is -2.38. The smallest absolute Gasteiger partial charge is 0.254 e. The first-order valence-corrected chi connectivity index (χ1v) is 8.59. The summed E-state index contributed by atoms with van der Waals surface area (Å²) in [6.07, 6.45) is 5.61. The van der Waals surface area contributed by atoms with Gasteiger partial charge in [-0.2, -0.15) is 5.26 Å². The predicted octanol–water partition coefficient (Wildman–Crippen LogP) is 2.09. The van der Waals surface area contributed by atoms with Crippen molar-refractivity contribution >= 4 is 11.9 Å². The number of anilines is 1. The van der Waals surface area contributed by atoms with Gasteiger partial charge in [0.2, 0.25) is 5.95 Å². The third-order valence-electron chi connectivity index (χ3n) is 5.22. The van der Waals surface area contributed by atoms with Gasteiger partial charge in [0.05, 0.1) is 17.7 Å². The van der Waals surface area contributed by atoms with E-state index in [0.29, 0.717) is 17.0 Å². The zero-order valence-electron chi connectivity index (χ0n) is 13.9. The van der Waals surface area contributed by atoms with Gasteiger partial charge < -0.3 is 9.80 Å². The molecule has 0 bridgehead atoms. The molecule has 2 fully saturated rings. The van der Waals surface area contributed by atoms with Crippen LogP contribution < -0.4 is 4.90 Å². The molecule has 0 radical (unpaired) electrons. The number of aromatic nitrogens is 2. The van der Waals surface area contributed by atoms with Crippen LogP contribution >= 0.6 is 0 Å². The van der Waals surface area contributed by atoms with Crippen LogP contribution in [0.25, 0.3) is 0 Å². The molecule has 6 nitrogen and oxygen atoms in total. The van der Waals surface area contributed by atoms with Crippen LogP contribution in [0.1, 0.15) is 28.8 Å². The minimum atomic E-state index is 0.0489. The summed E-state index contributed by atoms with van der Waals surface area (Å²) in [7, 11) is 0. The molecule has 1 aromatic carbocycles. The van der Waals surface area contributed by atoms with Crippen LogP contribution in [0.15, 0.2) is 42.7 Å². The maximum atomic E-state index is 12.9. The van der Waals surface area contributed by atoms with Gasteiger partial charge >= 0.3 is 0 Å². The molecule has 4 rings (SSSR count). The molecule has 2 atom stereocenters. The lowest BCUT2D eigenvalue weighted by atomic mass is 9.92. The van der Waals surface area contributed by atoms with E-state index < -0.39 is 0 Å². The van der Waals surface area contributed by atoms with Crippen molar-refractivity contribution in [3.63, 3.8) is 0 Å². The van der Waals surface area contributed by atoms with Gasteiger partial charge in [-0.05, 0) is 49.1 Å². The molecule has 1 amide bonds. The van der Waals surface area contributed by atoms with Gasteiger partial charge in [0, 0.05) is 37.6 Å². The van der Waals surface area contributed by atoms with Crippen molar-refractivity contribution in [3.05, 3.63) is 53.9 Å². The van der Waals surface area contributed by atoms with Crippen LogP contribution in [0, 0.1) is 17.2 Å². The number of hydrogen-bond acceptors (Lipinski definition) is 5. The predicted molar refractivity (Wildman–Crippen MR) is 93.0 cm³/mol. The second-order valence-electron chi connectivity index (χ2n) is 6.59. The molecular weight excluding hydrogens is 314 g/mol. The zero-order chi connectivity index (χ0) is 17.2. The molecule has 0 aliphatic carbocycles. The Labute approximate surface area is 146 Å². The molecule has 25 heavy (non-hydrogen) atoms. The van der Waals surface area contributed by atoms with E-state index in [1.807, 2.05) is 11.0 Å². The van der Waals surface area contributed by atoms with Crippen LogP contribution in [0.3, 0.4) is 0 Å². The first-order chi connectivity index (χ1) is 12.3. The van der Waals surface area contributed by atoms with E-state index in [9.17, 15) is 4.79 Å². The maximum absolute atomic E-state index is 12.9. The van der Waals surface area contributed by atoms with Crippen molar-refractivity contribution in [3.8, 4) is 6.07 Å². The monoisotopic (exact) mass is 333 g/mol. The quantitative estimate of drug-likeness (QED) is 0.841. The van der Waals surface area contributed by atoms with Gasteiger partial charge in [-0.25, -0.2) is 9.97 Å². The van der Waals surface area contributed by atoms with Gasteiger partial charge in [-0.15, -0.1) is 0 Å². The van der Waals surface area contributed by atoms with Crippen molar-refractivity contribution in [1.82, 2.24) is 14.9 Å². The fourth-order valence-corrected chi connectivity index (χ4v) is 3.88. The number of nitriles is 1. The van der Waals surface area contributed by atoms with Gasteiger partial charge in [0.1, 0.15) is 0 Å². The van der Waals surface area contributed by atoms with Crippen molar-refractivity contribution in [1.29, 1.82) is 5.26 Å². The number of rotatable bonds is 2. The summed E-state index contributed by atoms with van der Waals surface area (Å²) in [5.41, 5.74) is 1.22. The standard InChI is InChI=1S/C19H19N5O/c20-12-14-2-4-16(5-3-14)18(25)24-11-7-15-6-10-23(13-17(15)24)19-21-8-1-9-22-19/h1-5,8-9,15,17H,6-7,10-11,13H2. The van der Waals surface area contributed by atoms with E-state index in [2.05, 4.69) is 20.9 Å². The highest BCUT2D eigenvalue weighted by Crippen LogP contribution is 2.33. The summed E-state index contributed by atoms with van der Waals surface area (Å²) < 4.78 is 0. The zero-order valence-corrected chi connectivity index (χ0v) is 13.9. The third-order valence-corrected chi connectivity index (χ3v) is 5.22. The van der Waals surface area contributed by atoms with Gasteiger partial charge in [-0.1, -0.05) is 0 Å². The second-order valence-corrected chi connectivity index (χ2v) is 6.59. The minimum absolute atomic E-state index is 0.0489. The Hall–Kier alpha value is -2.94. The molecule has 0 N–H and O–H groups in total. The Bertz CT molecular complexity index is 799. The van der Waals surface area contributed by atoms with Crippen LogP contribution in [-0.2, 0) is 0 Å². The fraction of sp³-hybridized carbons (Fsp3) is 0.368. The SMILES string of the molecule is N#Cc1ccc(C(=O)N2CCC3CCN(c4ncccn4)CC32)cc1. The van der Waals surface area contributed by atoms with Crippen molar-refractivity contribution < 1.29 is 4.79 Å². The molecule has 1 aromatic heterocycles. The summed E-state index contributed by atoms with van der Waals surface area (Å²) in [6.45, 7) is 2.50. The highest BCUT2D eigenvalue weighted by molar-refractivity contribution is 5.94. The number of hydrogen-bond donors (Lipinski definition) is 0. The summed E-state index contributed by atoms with van der Waals surface area (Å²) in [5, 5.41) is 8.91. The number of carbonyl (C=O) groups excluding carboxylic acids is 1. The number of piperidine rings is 1. The van der Waals surface area contributed by atoms with E-state index in [0.717, 1.165) is 38.4 Å². The Balaban J connectivity index is 1.53. The van der Waals surface area contributed by atoms with Gasteiger partial charge in [0.15, 0.2) is 0 Å². The number of likely N-dealkylation sites (tertiary alicyclic amines) is 1. The summed E-state index contributed by atoms with van der Waals surface area (Å²) in [4.78, 5) is 25.8. The summed E-state index contributed by atoms with van der Waals surface area (Å²) >= 11 is 0. The molecule has 2 saturated heterocycles. The second kappa shape index (κ2) is 6.52. The average Bonchev–Trinajstić information content (AvgIpc) is 3.11. The van der Waals surface area contributed by atoms with Crippen LogP contribution in [0.4, 0.5) is 5.95 Å². The number of carbonyl (C=O) groups is 1. The van der Waals surface area contributed by atoms with Crippen LogP contribution in [0.5, 0.6) is 0 Å². The van der Waals surface area contributed by atoms with E-state index in [1.54, 1.807) is 36.7 Å². The van der Waals surface area contributed by atoms with Crippen molar-refractivity contribution in [2.24, 2.45) is 5.92 Å². The van der Waals surface area contributed by atoms with Crippen LogP contribution in [-0.4, -0.2) is 46.5 Å². The molecule has 2 aliphatic rings. The number of fused-ring (bicyclic) bond motifs is 1. The molecule has 3 heterocycles. The van der Waals surface area contributed by atoms with Gasteiger partial charge in [0.25, 0.3) is 5.91 Å². The third kappa shape index (κ3) is 2.93. The van der Waals surface area contributed by atoms with E-state index >= 15 is 0 Å². The van der Waals surface area contributed by atoms with E-state index in [4.69, 9.17) is 5.26 Å². The van der Waals surface area contributed by atoms with Crippen LogP contribution in [0.2, 0.25) is 0 Å². The average molecular weight is 333 g/mol. The van der Waals surface area contributed by atoms with Crippen molar-refractivity contribution in [2.75, 3.05) is 24.5 Å². The highest BCUT2D eigenvalue weighted by atomic mass is 16.2. The molecule has 0 spiro atoms. The Morgan fingerprint density at radius 1 is 1.12 bits per heavy atom. The molecule has 126 valence electrons. The first-order valence-electron chi connectivity index (χ1n) is 8.59. The molecule has 2 aliphatic heterocycles. The number of nitrogens with zero attached hydrogens (tertiary/aromatic N) is 5.